The van der Waals surface area contributed by atoms with E-state index in [2.05, 4.69) is 10.0 Å². The van der Waals surface area contributed by atoms with Gasteiger partial charge in [-0.25, -0.2) is 13.2 Å². The fourth-order valence-corrected chi connectivity index (χ4v) is 4.37. The first-order valence-electron chi connectivity index (χ1n) is 10.1. The standard InChI is InChI=1S/C22H27N3O8S/c1-21(2,3)33-20(27)23-22(4,15-9-7-6-8-10-15)18(19(26)32-5)24-34(30,31)17-13-11-16(12-14-17)25(28)29/h6-14,18,24H,1-5H3,(H,23,27)/t18-,22-/m1/s1. The molecule has 0 spiro atoms. The van der Waals surface area contributed by atoms with Crippen molar-refractivity contribution >= 4 is 27.8 Å². The maximum Gasteiger partial charge on any atom is 0.408 e. The number of ether oxygens (including phenoxy) is 2. The average Bonchev–Trinajstić information content (AvgIpc) is 2.76. The molecule has 0 heterocycles. The molecule has 2 rings (SSSR count). The summed E-state index contributed by atoms with van der Waals surface area (Å²) in [5, 5.41) is 13.5. The first kappa shape index (κ1) is 26.7. The normalized spacial score (nSPS) is 14.4. The van der Waals surface area contributed by atoms with Crippen molar-refractivity contribution in [1.29, 1.82) is 0 Å². The Hall–Kier alpha value is -3.51. The van der Waals surface area contributed by atoms with Gasteiger partial charge in [0.1, 0.15) is 11.6 Å². The number of hydrogen-bond donors (Lipinski definition) is 2. The minimum atomic E-state index is -4.38. The smallest absolute Gasteiger partial charge is 0.408 e. The number of nitro benzene ring substituents is 1. The van der Waals surface area contributed by atoms with E-state index in [0.717, 1.165) is 31.4 Å². The van der Waals surface area contributed by atoms with E-state index in [1.54, 1.807) is 51.1 Å². The van der Waals surface area contributed by atoms with E-state index in [-0.39, 0.29) is 10.6 Å². The van der Waals surface area contributed by atoms with E-state index in [4.69, 9.17) is 9.47 Å². The van der Waals surface area contributed by atoms with Gasteiger partial charge >= 0.3 is 12.1 Å². The van der Waals surface area contributed by atoms with E-state index in [9.17, 15) is 28.1 Å². The van der Waals surface area contributed by atoms with Crippen LogP contribution < -0.4 is 10.0 Å². The highest BCUT2D eigenvalue weighted by Gasteiger charge is 2.46. The van der Waals surface area contributed by atoms with Gasteiger partial charge < -0.3 is 14.8 Å². The molecule has 2 aromatic rings. The molecular weight excluding hydrogens is 466 g/mol. The van der Waals surface area contributed by atoms with Gasteiger partial charge in [0.15, 0.2) is 0 Å². The first-order chi connectivity index (χ1) is 15.7. The molecule has 0 aliphatic carbocycles. The molecule has 2 N–H and O–H groups in total. The van der Waals surface area contributed by atoms with E-state index in [0.29, 0.717) is 5.56 Å². The molecule has 34 heavy (non-hydrogen) atoms. The van der Waals surface area contributed by atoms with Crippen LogP contribution in [-0.4, -0.2) is 44.2 Å². The number of non-ortho nitro benzene ring substituents is 1. The second kappa shape index (κ2) is 10.2. The van der Waals surface area contributed by atoms with Crippen molar-refractivity contribution in [1.82, 2.24) is 10.0 Å². The fraction of sp³-hybridized carbons (Fsp3) is 0.364. The number of carbonyl (C=O) groups is 2. The molecule has 0 saturated carbocycles. The van der Waals surface area contributed by atoms with E-state index in [1.165, 1.54) is 6.92 Å². The maximum atomic E-state index is 13.1. The summed E-state index contributed by atoms with van der Waals surface area (Å²) in [6, 6.07) is 10.7. The topological polar surface area (TPSA) is 154 Å². The third kappa shape index (κ3) is 6.51. The van der Waals surface area contributed by atoms with Crippen LogP contribution in [0.3, 0.4) is 0 Å². The second-order valence-electron chi connectivity index (χ2n) is 8.52. The molecule has 0 radical (unpaired) electrons. The molecule has 0 unspecified atom stereocenters. The van der Waals surface area contributed by atoms with Crippen molar-refractivity contribution in [2.75, 3.05) is 7.11 Å². The van der Waals surface area contributed by atoms with Crippen LogP contribution in [0.15, 0.2) is 59.5 Å². The van der Waals surface area contributed by atoms with Crippen molar-refractivity contribution in [3.63, 3.8) is 0 Å². The lowest BCUT2D eigenvalue weighted by Gasteiger charge is -2.37. The Labute approximate surface area is 197 Å². The van der Waals surface area contributed by atoms with Gasteiger partial charge in [-0.15, -0.1) is 0 Å². The van der Waals surface area contributed by atoms with Crippen LogP contribution in [0.5, 0.6) is 0 Å². The Kier molecular flexibility index (Phi) is 8.01. The molecule has 0 bridgehead atoms. The third-order valence-electron chi connectivity index (χ3n) is 4.78. The summed E-state index contributed by atoms with van der Waals surface area (Å²) >= 11 is 0. The fourth-order valence-electron chi connectivity index (χ4n) is 3.10. The zero-order chi connectivity index (χ0) is 25.7. The highest BCUT2D eigenvalue weighted by Crippen LogP contribution is 2.28. The van der Waals surface area contributed by atoms with Crippen molar-refractivity contribution < 1.29 is 32.4 Å². The summed E-state index contributed by atoms with van der Waals surface area (Å²) in [6.07, 6.45) is -0.887. The Balaban J connectivity index is 2.54. The molecule has 11 nitrogen and oxygen atoms in total. The molecule has 1 amide bonds. The number of hydrogen-bond acceptors (Lipinski definition) is 8. The van der Waals surface area contributed by atoms with Gasteiger partial charge in [0.25, 0.3) is 5.69 Å². The molecule has 2 atom stereocenters. The van der Waals surface area contributed by atoms with Gasteiger partial charge in [0, 0.05) is 12.1 Å². The number of rotatable bonds is 8. The number of nitrogens with zero attached hydrogens (tertiary/aromatic N) is 1. The average molecular weight is 494 g/mol. The van der Waals surface area contributed by atoms with Crippen LogP contribution >= 0.6 is 0 Å². The summed E-state index contributed by atoms with van der Waals surface area (Å²) in [5.74, 6) is -0.979. The predicted molar refractivity (Wildman–Crippen MR) is 122 cm³/mol. The van der Waals surface area contributed by atoms with E-state index < -0.39 is 44.2 Å². The summed E-state index contributed by atoms with van der Waals surface area (Å²) in [4.78, 5) is 35.4. The van der Waals surface area contributed by atoms with Crippen LogP contribution in [-0.2, 0) is 29.8 Å². The lowest BCUT2D eigenvalue weighted by atomic mass is 9.85. The largest absolute Gasteiger partial charge is 0.468 e. The number of alkyl carbamates (subject to hydrolysis) is 1. The van der Waals surface area contributed by atoms with Crippen LogP contribution in [0.4, 0.5) is 10.5 Å². The summed E-state index contributed by atoms with van der Waals surface area (Å²) in [6.45, 7) is 6.41. The minimum Gasteiger partial charge on any atom is -0.468 e. The lowest BCUT2D eigenvalue weighted by Crippen LogP contribution is -2.62. The Morgan fingerprint density at radius 1 is 1.00 bits per heavy atom. The zero-order valence-electron chi connectivity index (χ0n) is 19.4. The van der Waals surface area contributed by atoms with Gasteiger partial charge in [0.2, 0.25) is 10.0 Å². The molecule has 12 heteroatoms. The lowest BCUT2D eigenvalue weighted by molar-refractivity contribution is -0.384. The number of amides is 1. The monoisotopic (exact) mass is 493 g/mol. The molecule has 0 aliphatic rings. The van der Waals surface area contributed by atoms with E-state index >= 15 is 0 Å². The van der Waals surface area contributed by atoms with Crippen LogP contribution in [0.2, 0.25) is 0 Å². The molecule has 0 aromatic heterocycles. The number of nitrogens with one attached hydrogen (secondary N) is 2. The number of nitro groups is 1. The van der Waals surface area contributed by atoms with Crippen molar-refractivity contribution in [2.24, 2.45) is 0 Å². The molecule has 0 saturated heterocycles. The van der Waals surface area contributed by atoms with Crippen LogP contribution in [0.25, 0.3) is 0 Å². The molecule has 0 aliphatic heterocycles. The Bertz CT molecular complexity index is 1140. The van der Waals surface area contributed by atoms with Crippen LogP contribution in [0, 0.1) is 10.1 Å². The number of sulfonamides is 1. The Morgan fingerprint density at radius 2 is 1.56 bits per heavy atom. The Morgan fingerprint density at radius 3 is 2.03 bits per heavy atom. The number of esters is 1. The number of carbonyl (C=O) groups excluding carboxylic acids is 2. The molecule has 184 valence electrons. The van der Waals surface area contributed by atoms with Crippen molar-refractivity contribution in [2.45, 2.75) is 49.8 Å². The van der Waals surface area contributed by atoms with Gasteiger partial charge in [-0.2, -0.15) is 4.72 Å². The predicted octanol–water partition coefficient (Wildman–Crippen LogP) is 2.85. The zero-order valence-corrected chi connectivity index (χ0v) is 20.2. The van der Waals surface area contributed by atoms with Gasteiger partial charge in [-0.1, -0.05) is 30.3 Å². The summed E-state index contributed by atoms with van der Waals surface area (Å²) < 4.78 is 38.7. The molecule has 2 aromatic carbocycles. The first-order valence-corrected chi connectivity index (χ1v) is 11.6. The second-order valence-corrected chi connectivity index (χ2v) is 10.2. The van der Waals surface area contributed by atoms with Gasteiger partial charge in [0.05, 0.1) is 22.5 Å². The van der Waals surface area contributed by atoms with Crippen molar-refractivity contribution in [3.05, 3.63) is 70.3 Å². The number of methoxy groups -OCH3 is 1. The quantitative estimate of drug-likeness (QED) is 0.323. The van der Waals surface area contributed by atoms with Crippen LogP contribution in [0.1, 0.15) is 33.3 Å². The van der Waals surface area contributed by atoms with Gasteiger partial charge in [-0.05, 0) is 45.4 Å². The third-order valence-corrected chi connectivity index (χ3v) is 6.22. The summed E-state index contributed by atoms with van der Waals surface area (Å²) in [5.41, 5.74) is -2.42. The highest BCUT2D eigenvalue weighted by molar-refractivity contribution is 7.89. The van der Waals surface area contributed by atoms with Crippen molar-refractivity contribution in [3.8, 4) is 0 Å². The molecule has 0 fully saturated rings. The molecular formula is C22H27N3O8S. The highest BCUT2D eigenvalue weighted by atomic mass is 32.2. The SMILES string of the molecule is COC(=O)[C@@H](NS(=O)(=O)c1ccc([N+](=O)[O-])cc1)[C@](C)(NC(=O)OC(C)(C)C)c1ccccc1. The minimum absolute atomic E-state index is 0.302. The van der Waals surface area contributed by atoms with Gasteiger partial charge in [-0.3, -0.25) is 14.9 Å². The van der Waals surface area contributed by atoms with E-state index in [1.807, 2.05) is 0 Å². The number of benzene rings is 2. The summed E-state index contributed by atoms with van der Waals surface area (Å²) in [7, 11) is -3.31. The maximum absolute atomic E-state index is 13.1.